The molecule has 0 amide bonds. The summed E-state index contributed by atoms with van der Waals surface area (Å²) in [5.41, 5.74) is -1.16. The van der Waals surface area contributed by atoms with Crippen molar-refractivity contribution >= 4 is 23.1 Å². The predicted molar refractivity (Wildman–Crippen MR) is 145 cm³/mol. The number of allylic oxidation sites excluding steroid dienone is 1. The van der Waals surface area contributed by atoms with Crippen LogP contribution in [0.2, 0.25) is 0 Å². The molecule has 0 saturated heterocycles. The van der Waals surface area contributed by atoms with Gasteiger partial charge < -0.3 is 15.0 Å². The van der Waals surface area contributed by atoms with Crippen LogP contribution in [-0.2, 0) is 19.2 Å². The van der Waals surface area contributed by atoms with Gasteiger partial charge in [0.15, 0.2) is 5.78 Å². The van der Waals surface area contributed by atoms with Gasteiger partial charge in [-0.3, -0.25) is 14.4 Å². The van der Waals surface area contributed by atoms with Crippen LogP contribution < -0.4 is 0 Å². The number of ketones is 4. The molecule has 4 rings (SSSR count). The molecule has 0 aromatic heterocycles. The van der Waals surface area contributed by atoms with E-state index < -0.39 is 33.9 Å². The summed E-state index contributed by atoms with van der Waals surface area (Å²) < 4.78 is 0. The zero-order valence-corrected chi connectivity index (χ0v) is 24.6. The lowest BCUT2D eigenvalue weighted by Gasteiger charge is -2.61. The first-order valence-electron chi connectivity index (χ1n) is 14.6. The first-order chi connectivity index (χ1) is 17.4. The molecule has 9 unspecified atom stereocenters. The van der Waals surface area contributed by atoms with E-state index >= 15 is 0 Å². The van der Waals surface area contributed by atoms with Crippen LogP contribution in [-0.4, -0.2) is 45.6 Å². The zero-order valence-electron chi connectivity index (χ0n) is 24.6. The van der Waals surface area contributed by atoms with Gasteiger partial charge in [0, 0.05) is 53.9 Å². The summed E-state index contributed by atoms with van der Waals surface area (Å²) in [6, 6.07) is 0. The van der Waals surface area contributed by atoms with Gasteiger partial charge in [0.05, 0.1) is 12.2 Å². The van der Waals surface area contributed by atoms with E-state index in [9.17, 15) is 29.4 Å². The highest BCUT2D eigenvalue weighted by Gasteiger charge is 2.70. The van der Waals surface area contributed by atoms with Crippen LogP contribution >= 0.6 is 0 Å². The summed E-state index contributed by atoms with van der Waals surface area (Å²) in [5.74, 6) is 0.180. The SMILES string of the molecule is CC(=O)CC(C)CC(=O)CC(C)C1CC(O)C2(C)C3=C(C(=O)CC12C)C1(C)CCC(=O)C(C)(C)C1CC3O. The Kier molecular flexibility index (Phi) is 7.31. The number of fused-ring (bicyclic) bond motifs is 4. The molecule has 0 aromatic carbocycles. The average Bonchev–Trinajstić information content (AvgIpc) is 2.98. The Morgan fingerprint density at radius 2 is 1.61 bits per heavy atom. The smallest absolute Gasteiger partial charge is 0.160 e. The van der Waals surface area contributed by atoms with E-state index in [1.807, 2.05) is 34.6 Å². The Labute approximate surface area is 228 Å². The molecule has 0 aromatic rings. The topological polar surface area (TPSA) is 109 Å². The molecule has 0 aliphatic heterocycles. The second kappa shape index (κ2) is 9.47. The van der Waals surface area contributed by atoms with Crippen molar-refractivity contribution in [2.24, 2.45) is 45.3 Å². The number of carbonyl (C=O) groups excluding carboxylic acids is 4. The van der Waals surface area contributed by atoms with Gasteiger partial charge in [0.1, 0.15) is 17.3 Å². The molecular weight excluding hydrogens is 480 g/mol. The summed E-state index contributed by atoms with van der Waals surface area (Å²) in [6.07, 6.45) is 1.64. The molecule has 2 N–H and O–H groups in total. The maximum atomic E-state index is 14.1. The molecule has 2 fully saturated rings. The van der Waals surface area contributed by atoms with Crippen LogP contribution in [0.25, 0.3) is 0 Å². The van der Waals surface area contributed by atoms with E-state index in [1.54, 1.807) is 6.92 Å². The van der Waals surface area contributed by atoms with Crippen LogP contribution in [0, 0.1) is 45.3 Å². The van der Waals surface area contributed by atoms with Crippen molar-refractivity contribution in [1.82, 2.24) is 0 Å². The standard InChI is InChI=1S/C32H48O6/c1-17(11-19(3)33)12-20(34)13-18(2)21-14-26(38)32(8)28-22(35)15-24-29(4,5)25(37)9-10-30(24,6)27(28)23(36)16-31(21,32)7/h17-18,21-22,24,26,35,38H,9-16H2,1-8H3. The second-order valence-electron chi connectivity index (χ2n) is 14.7. The molecule has 4 aliphatic rings. The first kappa shape index (κ1) is 29.3. The third-order valence-corrected chi connectivity index (χ3v) is 11.8. The van der Waals surface area contributed by atoms with Crippen molar-refractivity contribution in [2.45, 2.75) is 119 Å². The maximum Gasteiger partial charge on any atom is 0.160 e. The molecule has 38 heavy (non-hydrogen) atoms. The highest BCUT2D eigenvalue weighted by molar-refractivity contribution is 6.01. The highest BCUT2D eigenvalue weighted by Crippen LogP contribution is 2.71. The largest absolute Gasteiger partial charge is 0.392 e. The van der Waals surface area contributed by atoms with E-state index in [2.05, 4.69) is 13.8 Å². The Morgan fingerprint density at radius 1 is 0.974 bits per heavy atom. The molecule has 212 valence electrons. The van der Waals surface area contributed by atoms with Gasteiger partial charge in [-0.1, -0.05) is 48.5 Å². The maximum absolute atomic E-state index is 14.1. The Balaban J connectivity index is 1.70. The number of aliphatic hydroxyl groups is 2. The third kappa shape index (κ3) is 4.11. The van der Waals surface area contributed by atoms with E-state index in [4.69, 9.17) is 0 Å². The van der Waals surface area contributed by atoms with Crippen LogP contribution in [0.15, 0.2) is 11.1 Å². The first-order valence-corrected chi connectivity index (χ1v) is 14.6. The van der Waals surface area contributed by atoms with Crippen LogP contribution in [0.5, 0.6) is 0 Å². The minimum Gasteiger partial charge on any atom is -0.392 e. The minimum absolute atomic E-state index is 0.00361. The van der Waals surface area contributed by atoms with Crippen LogP contribution in [0.3, 0.4) is 0 Å². The molecule has 2 saturated carbocycles. The van der Waals surface area contributed by atoms with Crippen molar-refractivity contribution in [1.29, 1.82) is 0 Å². The third-order valence-electron chi connectivity index (χ3n) is 11.8. The lowest BCUT2D eigenvalue weighted by Crippen LogP contribution is -2.60. The molecular formula is C32H48O6. The van der Waals surface area contributed by atoms with E-state index in [-0.39, 0.29) is 53.2 Å². The van der Waals surface area contributed by atoms with Gasteiger partial charge in [-0.15, -0.1) is 0 Å². The number of Topliss-reactive ketones (excluding diaryl/α,β-unsaturated/α-hetero) is 4. The lowest BCUT2D eigenvalue weighted by molar-refractivity contribution is -0.146. The van der Waals surface area contributed by atoms with Gasteiger partial charge in [0.25, 0.3) is 0 Å². The van der Waals surface area contributed by atoms with Gasteiger partial charge >= 0.3 is 0 Å². The van der Waals surface area contributed by atoms with Gasteiger partial charge in [0.2, 0.25) is 0 Å². The number of carbonyl (C=O) groups is 4. The monoisotopic (exact) mass is 528 g/mol. The summed E-state index contributed by atoms with van der Waals surface area (Å²) in [4.78, 5) is 51.4. The molecule has 6 heteroatoms. The fourth-order valence-corrected chi connectivity index (χ4v) is 9.73. The van der Waals surface area contributed by atoms with Crippen molar-refractivity contribution in [3.63, 3.8) is 0 Å². The zero-order chi connectivity index (χ0) is 28.6. The second-order valence-corrected chi connectivity index (χ2v) is 14.7. The normalized spacial score (nSPS) is 41.7. The molecule has 4 aliphatic carbocycles. The molecule has 0 spiro atoms. The fourth-order valence-electron chi connectivity index (χ4n) is 9.73. The summed E-state index contributed by atoms with van der Waals surface area (Å²) in [7, 11) is 0. The molecule has 9 atom stereocenters. The number of aliphatic hydroxyl groups excluding tert-OH is 2. The number of hydrogen-bond donors (Lipinski definition) is 2. The molecule has 6 nitrogen and oxygen atoms in total. The number of rotatable bonds is 7. The number of hydrogen-bond acceptors (Lipinski definition) is 6. The van der Waals surface area contributed by atoms with Crippen molar-refractivity contribution in [2.75, 3.05) is 0 Å². The Hall–Kier alpha value is -1.66. The highest BCUT2D eigenvalue weighted by atomic mass is 16.3. The predicted octanol–water partition coefficient (Wildman–Crippen LogP) is 5.03. The summed E-state index contributed by atoms with van der Waals surface area (Å²) >= 11 is 0. The molecule has 0 bridgehead atoms. The van der Waals surface area contributed by atoms with Crippen molar-refractivity contribution in [3.8, 4) is 0 Å². The van der Waals surface area contributed by atoms with Gasteiger partial charge in [-0.05, 0) is 60.8 Å². The Bertz CT molecular complexity index is 1090. The summed E-state index contributed by atoms with van der Waals surface area (Å²) in [5, 5.41) is 23.3. The van der Waals surface area contributed by atoms with E-state index in [1.165, 1.54) is 0 Å². The van der Waals surface area contributed by atoms with Crippen LogP contribution in [0.1, 0.15) is 107 Å². The quantitative estimate of drug-likeness (QED) is 0.480. The Morgan fingerprint density at radius 3 is 2.21 bits per heavy atom. The van der Waals surface area contributed by atoms with E-state index in [0.29, 0.717) is 56.1 Å². The van der Waals surface area contributed by atoms with E-state index in [0.717, 1.165) is 0 Å². The lowest BCUT2D eigenvalue weighted by atomic mass is 9.42. The van der Waals surface area contributed by atoms with Gasteiger partial charge in [-0.2, -0.15) is 0 Å². The van der Waals surface area contributed by atoms with Crippen molar-refractivity contribution < 1.29 is 29.4 Å². The average molecular weight is 529 g/mol. The van der Waals surface area contributed by atoms with Crippen LogP contribution in [0.4, 0.5) is 0 Å². The fraction of sp³-hybridized carbons (Fsp3) is 0.812. The summed E-state index contributed by atoms with van der Waals surface area (Å²) in [6.45, 7) is 15.6. The minimum atomic E-state index is -0.889. The van der Waals surface area contributed by atoms with Crippen molar-refractivity contribution in [3.05, 3.63) is 11.1 Å². The molecule has 0 heterocycles. The van der Waals surface area contributed by atoms with Gasteiger partial charge in [-0.25, -0.2) is 0 Å². The molecule has 0 radical (unpaired) electrons.